The molecule has 0 N–H and O–H groups in total. The molecule has 1 atom stereocenters. The second-order valence-corrected chi connectivity index (χ2v) is 5.56. The van der Waals surface area contributed by atoms with E-state index in [9.17, 15) is 4.79 Å². The van der Waals surface area contributed by atoms with Gasteiger partial charge in [0.1, 0.15) is 0 Å². The first-order valence-electron chi connectivity index (χ1n) is 8.30. The fourth-order valence-corrected chi connectivity index (χ4v) is 2.22. The van der Waals surface area contributed by atoms with Gasteiger partial charge in [0, 0.05) is 26.1 Å². The number of hydrogen-bond acceptors (Lipinski definition) is 7. The van der Waals surface area contributed by atoms with Crippen LogP contribution in [0.25, 0.3) is 0 Å². The number of esters is 1. The molecule has 0 bridgehead atoms. The standard InChI is InChI=1S/C16H29N3O4/c1-5-7-8-14-17-15(23-18-14)12-19(9-10-22-6-2)11-13(3)16(20)21-4/h13H,5-12H2,1-4H3/t13-/m1/s1. The molecule has 0 saturated carbocycles. The van der Waals surface area contributed by atoms with Gasteiger partial charge in [-0.25, -0.2) is 0 Å². The minimum Gasteiger partial charge on any atom is -0.469 e. The van der Waals surface area contributed by atoms with Crippen LogP contribution in [0.5, 0.6) is 0 Å². The third-order valence-electron chi connectivity index (χ3n) is 3.51. The number of aromatic nitrogens is 2. The summed E-state index contributed by atoms with van der Waals surface area (Å²) >= 11 is 0. The molecule has 1 rings (SSSR count). The summed E-state index contributed by atoms with van der Waals surface area (Å²) in [4.78, 5) is 18.1. The predicted molar refractivity (Wildman–Crippen MR) is 85.9 cm³/mol. The summed E-state index contributed by atoms with van der Waals surface area (Å²) in [6.45, 7) is 8.97. The molecule has 132 valence electrons. The summed E-state index contributed by atoms with van der Waals surface area (Å²) in [5.74, 6) is 0.877. The number of ether oxygens (including phenoxy) is 2. The van der Waals surface area contributed by atoms with Gasteiger partial charge in [0.05, 0.1) is 26.2 Å². The number of hydrogen-bond donors (Lipinski definition) is 0. The molecule has 0 aromatic carbocycles. The van der Waals surface area contributed by atoms with E-state index >= 15 is 0 Å². The molecule has 1 aromatic heterocycles. The fourth-order valence-electron chi connectivity index (χ4n) is 2.22. The van der Waals surface area contributed by atoms with Crippen LogP contribution in [0.2, 0.25) is 0 Å². The van der Waals surface area contributed by atoms with Gasteiger partial charge in [0.15, 0.2) is 5.82 Å². The Morgan fingerprint density at radius 3 is 2.83 bits per heavy atom. The Hall–Kier alpha value is -1.47. The number of carbonyl (C=O) groups is 1. The van der Waals surface area contributed by atoms with Crippen molar-refractivity contribution in [3.05, 3.63) is 11.7 Å². The number of carbonyl (C=O) groups excluding carboxylic acids is 1. The number of unbranched alkanes of at least 4 members (excludes halogenated alkanes) is 1. The highest BCUT2D eigenvalue weighted by Crippen LogP contribution is 2.09. The average Bonchev–Trinajstić information content (AvgIpc) is 2.99. The average molecular weight is 327 g/mol. The summed E-state index contributed by atoms with van der Waals surface area (Å²) in [5, 5.41) is 4.00. The Kier molecular flexibility index (Phi) is 9.47. The zero-order chi connectivity index (χ0) is 17.1. The maximum absolute atomic E-state index is 11.6. The van der Waals surface area contributed by atoms with Gasteiger partial charge < -0.3 is 14.0 Å². The molecule has 0 radical (unpaired) electrons. The minimum atomic E-state index is -0.222. The molecule has 0 saturated heterocycles. The number of rotatable bonds is 12. The van der Waals surface area contributed by atoms with Crippen molar-refractivity contribution in [1.29, 1.82) is 0 Å². The third-order valence-corrected chi connectivity index (χ3v) is 3.51. The van der Waals surface area contributed by atoms with E-state index in [-0.39, 0.29) is 11.9 Å². The first-order chi connectivity index (χ1) is 11.1. The number of aryl methyl sites for hydroxylation is 1. The summed E-state index contributed by atoms with van der Waals surface area (Å²) in [7, 11) is 1.40. The monoisotopic (exact) mass is 327 g/mol. The van der Waals surface area contributed by atoms with Crippen molar-refractivity contribution in [1.82, 2.24) is 15.0 Å². The normalized spacial score (nSPS) is 12.6. The van der Waals surface area contributed by atoms with Crippen molar-refractivity contribution >= 4 is 5.97 Å². The molecule has 0 aliphatic carbocycles. The Labute approximate surface area is 138 Å². The van der Waals surface area contributed by atoms with E-state index in [2.05, 4.69) is 22.0 Å². The van der Waals surface area contributed by atoms with Crippen LogP contribution in [0.4, 0.5) is 0 Å². The van der Waals surface area contributed by atoms with Crippen molar-refractivity contribution in [2.45, 2.75) is 46.6 Å². The molecule has 0 spiro atoms. The Morgan fingerprint density at radius 2 is 2.17 bits per heavy atom. The lowest BCUT2D eigenvalue weighted by Crippen LogP contribution is -2.34. The highest BCUT2D eigenvalue weighted by molar-refractivity contribution is 5.72. The van der Waals surface area contributed by atoms with Crippen LogP contribution in [0, 0.1) is 5.92 Å². The van der Waals surface area contributed by atoms with Crippen LogP contribution in [-0.4, -0.2) is 54.4 Å². The molecule has 0 amide bonds. The van der Waals surface area contributed by atoms with Gasteiger partial charge in [-0.3, -0.25) is 9.69 Å². The molecule has 1 heterocycles. The summed E-state index contributed by atoms with van der Waals surface area (Å²) in [6, 6.07) is 0. The van der Waals surface area contributed by atoms with Crippen molar-refractivity contribution in [2.75, 3.05) is 33.4 Å². The van der Waals surface area contributed by atoms with Gasteiger partial charge in [-0.1, -0.05) is 25.4 Å². The number of nitrogens with zero attached hydrogens (tertiary/aromatic N) is 3. The second-order valence-electron chi connectivity index (χ2n) is 5.56. The first kappa shape index (κ1) is 19.6. The summed E-state index contributed by atoms with van der Waals surface area (Å²) < 4.78 is 15.5. The van der Waals surface area contributed by atoms with E-state index in [1.807, 2.05) is 13.8 Å². The van der Waals surface area contributed by atoms with Crippen LogP contribution in [0.15, 0.2) is 4.52 Å². The molecule has 0 aliphatic rings. The van der Waals surface area contributed by atoms with Crippen LogP contribution in [0.1, 0.15) is 45.3 Å². The van der Waals surface area contributed by atoms with Gasteiger partial charge in [0.2, 0.25) is 5.89 Å². The van der Waals surface area contributed by atoms with Crippen molar-refractivity contribution < 1.29 is 18.8 Å². The molecule has 1 aromatic rings. The maximum atomic E-state index is 11.6. The van der Waals surface area contributed by atoms with E-state index in [0.717, 1.165) is 25.1 Å². The zero-order valence-corrected chi connectivity index (χ0v) is 14.7. The molecule has 23 heavy (non-hydrogen) atoms. The maximum Gasteiger partial charge on any atom is 0.309 e. The van der Waals surface area contributed by atoms with Crippen LogP contribution in [0.3, 0.4) is 0 Å². The lowest BCUT2D eigenvalue weighted by Gasteiger charge is -2.22. The van der Waals surface area contributed by atoms with E-state index < -0.39 is 0 Å². The van der Waals surface area contributed by atoms with E-state index in [0.29, 0.717) is 38.7 Å². The highest BCUT2D eigenvalue weighted by atomic mass is 16.5. The smallest absolute Gasteiger partial charge is 0.309 e. The Morgan fingerprint density at radius 1 is 1.39 bits per heavy atom. The van der Waals surface area contributed by atoms with Crippen molar-refractivity contribution in [2.24, 2.45) is 5.92 Å². The Bertz CT molecular complexity index is 450. The quantitative estimate of drug-likeness (QED) is 0.429. The molecule has 0 unspecified atom stereocenters. The van der Waals surface area contributed by atoms with Crippen LogP contribution in [-0.2, 0) is 27.2 Å². The third kappa shape index (κ3) is 7.56. The van der Waals surface area contributed by atoms with E-state index in [1.54, 1.807) is 0 Å². The zero-order valence-electron chi connectivity index (χ0n) is 14.7. The van der Waals surface area contributed by atoms with Gasteiger partial charge in [0.25, 0.3) is 0 Å². The van der Waals surface area contributed by atoms with Crippen molar-refractivity contribution in [3.8, 4) is 0 Å². The van der Waals surface area contributed by atoms with Gasteiger partial charge >= 0.3 is 5.97 Å². The SMILES string of the molecule is CCCCc1noc(CN(CCOCC)C[C@@H](C)C(=O)OC)n1. The fraction of sp³-hybridized carbons (Fsp3) is 0.812. The summed E-state index contributed by atoms with van der Waals surface area (Å²) in [5.41, 5.74) is 0. The van der Waals surface area contributed by atoms with Gasteiger partial charge in [-0.05, 0) is 13.3 Å². The Balaban J connectivity index is 2.59. The topological polar surface area (TPSA) is 77.7 Å². The lowest BCUT2D eigenvalue weighted by molar-refractivity contribution is -0.145. The predicted octanol–water partition coefficient (Wildman–Crippen LogP) is 2.06. The minimum absolute atomic E-state index is 0.218. The first-order valence-corrected chi connectivity index (χ1v) is 8.30. The molecular weight excluding hydrogens is 298 g/mol. The molecule has 0 fully saturated rings. The second kappa shape index (κ2) is 11.1. The van der Waals surface area contributed by atoms with E-state index in [4.69, 9.17) is 14.0 Å². The van der Waals surface area contributed by atoms with Crippen LogP contribution >= 0.6 is 0 Å². The lowest BCUT2D eigenvalue weighted by atomic mass is 10.1. The highest BCUT2D eigenvalue weighted by Gasteiger charge is 2.19. The van der Waals surface area contributed by atoms with E-state index in [1.165, 1.54) is 7.11 Å². The largest absolute Gasteiger partial charge is 0.469 e. The molecule has 0 aliphatic heterocycles. The van der Waals surface area contributed by atoms with Crippen molar-refractivity contribution in [3.63, 3.8) is 0 Å². The molecule has 7 heteroatoms. The summed E-state index contributed by atoms with van der Waals surface area (Å²) in [6.07, 6.45) is 2.98. The number of methoxy groups -OCH3 is 1. The molecule has 7 nitrogen and oxygen atoms in total. The van der Waals surface area contributed by atoms with Crippen LogP contribution < -0.4 is 0 Å². The van der Waals surface area contributed by atoms with Gasteiger partial charge in [-0.15, -0.1) is 0 Å². The van der Waals surface area contributed by atoms with Gasteiger partial charge in [-0.2, -0.15) is 4.98 Å². The molecular formula is C16H29N3O4.